The minimum atomic E-state index is -0.333. The van der Waals surface area contributed by atoms with E-state index in [-0.39, 0.29) is 17.9 Å². The Hall–Kier alpha value is -3.85. The number of anilines is 1. The second kappa shape index (κ2) is 9.56. The summed E-state index contributed by atoms with van der Waals surface area (Å²) in [6.45, 7) is 4.62. The van der Waals surface area contributed by atoms with E-state index in [1.807, 2.05) is 11.8 Å². The Balaban J connectivity index is 1.35. The zero-order valence-electron chi connectivity index (χ0n) is 18.9. The number of aromatic amines is 1. The predicted molar refractivity (Wildman–Crippen MR) is 125 cm³/mol. The average molecular weight is 463 g/mol. The van der Waals surface area contributed by atoms with Crippen LogP contribution in [0.25, 0.3) is 0 Å². The van der Waals surface area contributed by atoms with Gasteiger partial charge in [-0.2, -0.15) is 5.10 Å². The van der Waals surface area contributed by atoms with Crippen LogP contribution in [0.2, 0.25) is 0 Å². The number of nitrogens with one attached hydrogen (secondary N) is 2. The van der Waals surface area contributed by atoms with Crippen LogP contribution in [-0.2, 0) is 4.74 Å². The van der Waals surface area contributed by atoms with Crippen molar-refractivity contribution in [3.8, 4) is 17.2 Å². The maximum absolute atomic E-state index is 12.9. The maximum atomic E-state index is 12.9. The molecular weight excluding hydrogens is 436 g/mol. The molecule has 9 heteroatoms. The number of H-pyrrole nitrogens is 1. The number of hydrogen-bond acceptors (Lipinski definition) is 6. The molecule has 0 bridgehead atoms. The first-order valence-electron chi connectivity index (χ1n) is 11.3. The number of ether oxygens (including phenoxy) is 3. The number of carbonyl (C=O) groups is 2. The number of nitrogens with zero attached hydrogens (tertiary/aromatic N) is 2. The lowest BCUT2D eigenvalue weighted by Gasteiger charge is -2.30. The second-order valence-corrected chi connectivity index (χ2v) is 8.46. The molecule has 34 heavy (non-hydrogen) atoms. The predicted octanol–water partition coefficient (Wildman–Crippen LogP) is 3.78. The highest BCUT2D eigenvalue weighted by atomic mass is 16.5. The first kappa shape index (κ1) is 22.0. The van der Waals surface area contributed by atoms with Crippen molar-refractivity contribution in [3.05, 3.63) is 65.4 Å². The van der Waals surface area contributed by atoms with Gasteiger partial charge in [0.2, 0.25) is 0 Å². The molecule has 2 aliphatic rings. The molecule has 3 aromatic rings. The summed E-state index contributed by atoms with van der Waals surface area (Å²) in [6.07, 6.45) is 1.76. The quantitative estimate of drug-likeness (QED) is 0.554. The summed E-state index contributed by atoms with van der Waals surface area (Å²) < 4.78 is 17.5. The van der Waals surface area contributed by atoms with Crippen LogP contribution in [0.15, 0.2) is 48.5 Å². The van der Waals surface area contributed by atoms with Crippen LogP contribution in [0.5, 0.6) is 17.2 Å². The fourth-order valence-electron chi connectivity index (χ4n) is 3.80. The molecule has 0 radical (unpaired) electrons. The molecule has 1 aromatic heterocycles. The lowest BCUT2D eigenvalue weighted by molar-refractivity contribution is 0.0651. The minimum Gasteiger partial charge on any atom is -0.488 e. The molecule has 2 N–H and O–H groups in total. The molecule has 9 nitrogen and oxygen atoms in total. The van der Waals surface area contributed by atoms with Crippen LogP contribution < -0.4 is 14.8 Å². The van der Waals surface area contributed by atoms with Gasteiger partial charge in [0.25, 0.3) is 11.8 Å². The summed E-state index contributed by atoms with van der Waals surface area (Å²) in [6, 6.07) is 13.8. The van der Waals surface area contributed by atoms with E-state index in [4.69, 9.17) is 14.2 Å². The molecule has 2 fully saturated rings. The summed E-state index contributed by atoms with van der Waals surface area (Å²) >= 11 is 0. The molecule has 0 aliphatic carbocycles. The first-order chi connectivity index (χ1) is 16.5. The third-order valence-corrected chi connectivity index (χ3v) is 5.76. The Kier molecular flexibility index (Phi) is 6.18. The van der Waals surface area contributed by atoms with Gasteiger partial charge >= 0.3 is 0 Å². The first-order valence-corrected chi connectivity index (χ1v) is 11.3. The van der Waals surface area contributed by atoms with E-state index in [2.05, 4.69) is 15.5 Å². The molecule has 0 spiro atoms. The molecule has 5 rings (SSSR count). The Bertz CT molecular complexity index is 1180. The van der Waals surface area contributed by atoms with E-state index < -0.39 is 0 Å². The van der Waals surface area contributed by atoms with Gasteiger partial charge in [-0.1, -0.05) is 0 Å². The van der Waals surface area contributed by atoms with Crippen molar-refractivity contribution >= 4 is 17.6 Å². The van der Waals surface area contributed by atoms with Gasteiger partial charge in [-0.25, -0.2) is 0 Å². The van der Waals surface area contributed by atoms with Crippen molar-refractivity contribution in [1.29, 1.82) is 0 Å². The fraction of sp³-hybridized carbons (Fsp3) is 0.320. The van der Waals surface area contributed by atoms with Gasteiger partial charge in [0.1, 0.15) is 23.4 Å². The van der Waals surface area contributed by atoms with Gasteiger partial charge in [-0.3, -0.25) is 14.7 Å². The molecule has 3 heterocycles. The van der Waals surface area contributed by atoms with Crippen LogP contribution in [0.1, 0.15) is 39.3 Å². The van der Waals surface area contributed by atoms with Crippen molar-refractivity contribution in [2.24, 2.45) is 0 Å². The number of aromatic nitrogens is 2. The van der Waals surface area contributed by atoms with Crippen molar-refractivity contribution in [1.82, 2.24) is 15.1 Å². The molecule has 176 valence electrons. The summed E-state index contributed by atoms with van der Waals surface area (Å²) in [5.74, 6) is 1.64. The number of benzene rings is 2. The molecule has 2 aliphatic heterocycles. The van der Waals surface area contributed by atoms with Crippen LogP contribution >= 0.6 is 0 Å². The number of amides is 2. The van der Waals surface area contributed by atoms with E-state index in [1.54, 1.807) is 48.5 Å². The highest BCUT2D eigenvalue weighted by Gasteiger charge is 2.22. The van der Waals surface area contributed by atoms with Gasteiger partial charge < -0.3 is 24.4 Å². The lowest BCUT2D eigenvalue weighted by Crippen LogP contribution is -2.41. The second-order valence-electron chi connectivity index (χ2n) is 8.46. The number of carbonyl (C=O) groups excluding carboxylic acids is 2. The summed E-state index contributed by atoms with van der Waals surface area (Å²) in [4.78, 5) is 27.1. The number of likely N-dealkylation sites (tertiary alicyclic amines) is 1. The molecule has 2 amide bonds. The zero-order valence-corrected chi connectivity index (χ0v) is 18.9. The summed E-state index contributed by atoms with van der Waals surface area (Å²) in [5, 5.41) is 9.63. The van der Waals surface area contributed by atoms with Crippen molar-refractivity contribution < 1.29 is 23.8 Å². The van der Waals surface area contributed by atoms with Gasteiger partial charge in [0, 0.05) is 48.5 Å². The topological polar surface area (TPSA) is 106 Å². The van der Waals surface area contributed by atoms with E-state index in [1.165, 1.54) is 0 Å². The molecule has 2 aromatic carbocycles. The standard InChI is InChI=1S/C25H26N4O5/c1-16-11-23(28-27-16)26-24(30)18-12-21(14-22(13-18)34-20-7-10-32-15-20)33-19-5-3-17(4-6-19)25(31)29-8-2-9-29/h3-6,11-14,20H,2,7-10,15H2,1H3,(H2,26,27,28,30)/t20-/m0/s1. The smallest absolute Gasteiger partial charge is 0.257 e. The molecule has 1 atom stereocenters. The molecular formula is C25H26N4O5. The van der Waals surface area contributed by atoms with E-state index >= 15 is 0 Å². The maximum Gasteiger partial charge on any atom is 0.257 e. The highest BCUT2D eigenvalue weighted by molar-refractivity contribution is 6.04. The molecule has 0 unspecified atom stereocenters. The highest BCUT2D eigenvalue weighted by Crippen LogP contribution is 2.30. The zero-order chi connectivity index (χ0) is 23.5. The SMILES string of the molecule is Cc1cc(NC(=O)c2cc(Oc3ccc(C(=O)N4CCC4)cc3)cc(O[C@H]3CCOC3)c2)n[nH]1. The van der Waals surface area contributed by atoms with Gasteiger partial charge in [-0.05, 0) is 49.7 Å². The largest absolute Gasteiger partial charge is 0.488 e. The monoisotopic (exact) mass is 462 g/mol. The van der Waals surface area contributed by atoms with Crippen LogP contribution in [0.4, 0.5) is 5.82 Å². The normalized spacial score (nSPS) is 17.2. The fourth-order valence-corrected chi connectivity index (χ4v) is 3.80. The summed E-state index contributed by atoms with van der Waals surface area (Å²) in [5.41, 5.74) is 1.84. The average Bonchev–Trinajstić information content (AvgIpc) is 3.44. The number of hydrogen-bond donors (Lipinski definition) is 2. The Morgan fingerprint density at radius 1 is 1.06 bits per heavy atom. The van der Waals surface area contributed by atoms with E-state index in [9.17, 15) is 9.59 Å². The van der Waals surface area contributed by atoms with Gasteiger partial charge in [0.15, 0.2) is 5.82 Å². The Morgan fingerprint density at radius 3 is 2.50 bits per heavy atom. The van der Waals surface area contributed by atoms with E-state index in [0.29, 0.717) is 47.4 Å². The Morgan fingerprint density at radius 2 is 1.85 bits per heavy atom. The van der Waals surface area contributed by atoms with E-state index in [0.717, 1.165) is 31.6 Å². The third-order valence-electron chi connectivity index (χ3n) is 5.76. The van der Waals surface area contributed by atoms with Gasteiger partial charge in [-0.15, -0.1) is 0 Å². The number of aryl methyl sites for hydroxylation is 1. The lowest BCUT2D eigenvalue weighted by atomic mass is 10.1. The van der Waals surface area contributed by atoms with Crippen LogP contribution in [0, 0.1) is 6.92 Å². The van der Waals surface area contributed by atoms with Crippen molar-refractivity contribution in [2.75, 3.05) is 31.6 Å². The summed E-state index contributed by atoms with van der Waals surface area (Å²) in [7, 11) is 0. The number of rotatable bonds is 7. The molecule has 2 saturated heterocycles. The molecule has 0 saturated carbocycles. The minimum absolute atomic E-state index is 0.0274. The van der Waals surface area contributed by atoms with Crippen molar-refractivity contribution in [2.45, 2.75) is 25.9 Å². The van der Waals surface area contributed by atoms with Gasteiger partial charge in [0.05, 0.1) is 13.2 Å². The third kappa shape index (κ3) is 5.04. The Labute approximate surface area is 197 Å². The van der Waals surface area contributed by atoms with Crippen molar-refractivity contribution in [3.63, 3.8) is 0 Å². The van der Waals surface area contributed by atoms with Crippen LogP contribution in [0.3, 0.4) is 0 Å². The van der Waals surface area contributed by atoms with Crippen LogP contribution in [-0.4, -0.2) is 59.3 Å².